The fourth-order valence-electron chi connectivity index (χ4n) is 1.75. The van der Waals surface area contributed by atoms with E-state index in [2.05, 4.69) is 9.71 Å². The average Bonchev–Trinajstić information content (AvgIpc) is 2.96. The Bertz CT molecular complexity index is 1000. The van der Waals surface area contributed by atoms with Crippen molar-refractivity contribution in [3.8, 4) is 0 Å². The van der Waals surface area contributed by atoms with E-state index in [1.807, 2.05) is 0 Å². The van der Waals surface area contributed by atoms with Gasteiger partial charge < -0.3 is 9.30 Å². The first kappa shape index (κ1) is 17.9. The van der Waals surface area contributed by atoms with Crippen LogP contribution in [0.2, 0.25) is 0 Å². The number of carbonyl (C=O) groups is 1. The minimum Gasteiger partial charge on any atom is -0.461 e. The number of rotatable bonds is 5. The van der Waals surface area contributed by atoms with Crippen LogP contribution in [0.4, 0.5) is 5.13 Å². The second kappa shape index (κ2) is 6.57. The summed E-state index contributed by atoms with van der Waals surface area (Å²) in [6, 6.07) is 0. The number of aryl methyl sites for hydroxylation is 1. The summed E-state index contributed by atoms with van der Waals surface area (Å²) in [5.41, 5.74) is -1.67. The van der Waals surface area contributed by atoms with Gasteiger partial charge in [0.25, 0.3) is 15.6 Å². The van der Waals surface area contributed by atoms with Gasteiger partial charge in [0.05, 0.1) is 6.61 Å². The van der Waals surface area contributed by atoms with Gasteiger partial charge in [0.2, 0.25) is 0 Å². The monoisotopic (exact) mass is 374 g/mol. The van der Waals surface area contributed by atoms with E-state index in [0.717, 1.165) is 22.1 Å². The minimum absolute atomic E-state index is 0.0482. The Kier molecular flexibility index (Phi) is 4.89. The first-order valence-corrected chi connectivity index (χ1v) is 8.95. The molecule has 2 rings (SSSR count). The molecule has 24 heavy (non-hydrogen) atoms. The summed E-state index contributed by atoms with van der Waals surface area (Å²) in [6.07, 6.45) is 0.923. The van der Waals surface area contributed by atoms with Crippen molar-refractivity contribution >= 4 is 32.5 Å². The van der Waals surface area contributed by atoms with Crippen molar-refractivity contribution in [2.45, 2.75) is 11.8 Å². The number of hydrogen-bond acceptors (Lipinski definition) is 8. The summed E-state index contributed by atoms with van der Waals surface area (Å²) in [5, 5.41) is 1.23. The van der Waals surface area contributed by atoms with Gasteiger partial charge in [-0.2, -0.15) is 0 Å². The topological polar surface area (TPSA) is 129 Å². The summed E-state index contributed by atoms with van der Waals surface area (Å²) in [6.45, 7) is 1.79. The molecule has 130 valence electrons. The van der Waals surface area contributed by atoms with Crippen LogP contribution in [-0.2, 0) is 28.9 Å². The summed E-state index contributed by atoms with van der Waals surface area (Å²) in [7, 11) is -1.78. The number of sulfonamides is 1. The zero-order chi connectivity index (χ0) is 18.1. The fourth-order valence-corrected chi connectivity index (χ4v) is 3.84. The molecule has 2 aromatic heterocycles. The van der Waals surface area contributed by atoms with Gasteiger partial charge in [-0.1, -0.05) is 0 Å². The number of nitrogens with one attached hydrogen (secondary N) is 1. The molecule has 1 N–H and O–H groups in total. The molecule has 0 unspecified atom stereocenters. The summed E-state index contributed by atoms with van der Waals surface area (Å²) >= 11 is 0.863. The Morgan fingerprint density at radius 2 is 2.04 bits per heavy atom. The van der Waals surface area contributed by atoms with E-state index in [-0.39, 0.29) is 17.4 Å². The third-order valence-corrected chi connectivity index (χ3v) is 5.12. The molecule has 0 aliphatic carbocycles. The van der Waals surface area contributed by atoms with Gasteiger partial charge in [-0.3, -0.25) is 14.1 Å². The predicted molar refractivity (Wildman–Crippen MR) is 85.8 cm³/mol. The van der Waals surface area contributed by atoms with Gasteiger partial charge in [-0.15, -0.1) is 11.3 Å². The maximum absolute atomic E-state index is 12.4. The molecule has 0 spiro atoms. The highest BCUT2D eigenvalue weighted by Gasteiger charge is 2.23. The molecule has 12 heteroatoms. The summed E-state index contributed by atoms with van der Waals surface area (Å²) in [5.74, 6) is -0.683. The lowest BCUT2D eigenvalue weighted by Crippen LogP contribution is -2.40. The van der Waals surface area contributed by atoms with Gasteiger partial charge in [0.1, 0.15) is 0 Å². The van der Waals surface area contributed by atoms with Crippen LogP contribution in [0.15, 0.2) is 26.1 Å². The standard InChI is InChI=1S/C12H14N4O6S2/c1-4-22-10(18)7-6-23-11(13-7)14-24(20,21)8-5-15(2)12(19)16(3)9(8)17/h5-6H,4H2,1-3H3,(H,13,14). The van der Waals surface area contributed by atoms with E-state index in [0.29, 0.717) is 4.57 Å². The smallest absolute Gasteiger partial charge is 0.357 e. The van der Waals surface area contributed by atoms with Crippen molar-refractivity contribution in [2.24, 2.45) is 14.1 Å². The molecule has 0 atom stereocenters. The van der Waals surface area contributed by atoms with Gasteiger partial charge >= 0.3 is 11.7 Å². The zero-order valence-corrected chi connectivity index (χ0v) is 14.6. The molecule has 0 aliphatic rings. The molecule has 2 heterocycles. The number of nitrogens with zero attached hydrogens (tertiary/aromatic N) is 3. The van der Waals surface area contributed by atoms with E-state index < -0.39 is 32.1 Å². The molecule has 10 nitrogen and oxygen atoms in total. The highest BCUT2D eigenvalue weighted by molar-refractivity contribution is 7.92. The Morgan fingerprint density at radius 1 is 1.38 bits per heavy atom. The van der Waals surface area contributed by atoms with Gasteiger partial charge in [0.15, 0.2) is 15.7 Å². The van der Waals surface area contributed by atoms with Crippen LogP contribution in [0.25, 0.3) is 0 Å². The summed E-state index contributed by atoms with van der Waals surface area (Å²) < 4.78 is 33.2. The van der Waals surface area contributed by atoms with Crippen LogP contribution < -0.4 is 16.0 Å². The molecule has 0 bridgehead atoms. The molecule has 0 aromatic carbocycles. The number of hydrogen-bond donors (Lipinski definition) is 1. The van der Waals surface area contributed by atoms with Crippen LogP contribution in [0, 0.1) is 0 Å². The first-order chi connectivity index (χ1) is 11.2. The van der Waals surface area contributed by atoms with Gasteiger partial charge in [-0.05, 0) is 6.92 Å². The number of ether oxygens (including phenoxy) is 1. The second-order valence-corrected chi connectivity index (χ2v) is 7.12. The number of aromatic nitrogens is 3. The normalized spacial score (nSPS) is 11.3. The van der Waals surface area contributed by atoms with E-state index in [4.69, 9.17) is 4.74 Å². The predicted octanol–water partition coefficient (Wildman–Crippen LogP) is -0.482. The summed E-state index contributed by atoms with van der Waals surface area (Å²) in [4.78, 5) is 38.4. The Morgan fingerprint density at radius 3 is 2.67 bits per heavy atom. The van der Waals surface area contributed by atoms with Crippen molar-refractivity contribution < 1.29 is 17.9 Å². The average molecular weight is 374 g/mol. The van der Waals surface area contributed by atoms with Gasteiger partial charge in [0, 0.05) is 25.7 Å². The van der Waals surface area contributed by atoms with Crippen LogP contribution in [0.1, 0.15) is 17.4 Å². The van der Waals surface area contributed by atoms with Crippen LogP contribution in [0.3, 0.4) is 0 Å². The maximum Gasteiger partial charge on any atom is 0.357 e. The van der Waals surface area contributed by atoms with Crippen molar-refractivity contribution in [3.63, 3.8) is 0 Å². The molecule has 0 saturated heterocycles. The fraction of sp³-hybridized carbons (Fsp3) is 0.333. The van der Waals surface area contributed by atoms with Crippen molar-refractivity contribution in [3.05, 3.63) is 38.1 Å². The maximum atomic E-state index is 12.4. The highest BCUT2D eigenvalue weighted by atomic mass is 32.2. The molecule has 0 saturated carbocycles. The molecular weight excluding hydrogens is 360 g/mol. The number of carbonyl (C=O) groups excluding carboxylic acids is 1. The largest absolute Gasteiger partial charge is 0.461 e. The van der Waals surface area contributed by atoms with Crippen molar-refractivity contribution in [1.82, 2.24) is 14.1 Å². The zero-order valence-electron chi connectivity index (χ0n) is 13.0. The molecule has 0 amide bonds. The quantitative estimate of drug-likeness (QED) is 0.700. The molecular formula is C12H14N4O6S2. The van der Waals surface area contributed by atoms with Crippen molar-refractivity contribution in [1.29, 1.82) is 0 Å². The number of anilines is 1. The number of esters is 1. The third-order valence-electron chi connectivity index (χ3n) is 2.91. The number of thiazole rings is 1. The lowest BCUT2D eigenvalue weighted by atomic mass is 10.5. The Balaban J connectivity index is 2.38. The Hall–Kier alpha value is -2.47. The lowest BCUT2D eigenvalue weighted by Gasteiger charge is -2.08. The Labute approximate surface area is 140 Å². The molecule has 0 radical (unpaired) electrons. The minimum atomic E-state index is -4.28. The molecule has 2 aromatic rings. The SMILES string of the molecule is CCOC(=O)c1csc(NS(=O)(=O)c2cn(C)c(=O)n(C)c2=O)n1. The van der Waals surface area contributed by atoms with E-state index in [1.54, 1.807) is 6.92 Å². The van der Waals surface area contributed by atoms with Crippen molar-refractivity contribution in [2.75, 3.05) is 11.3 Å². The third kappa shape index (κ3) is 3.38. The highest BCUT2D eigenvalue weighted by Crippen LogP contribution is 2.19. The molecule has 0 aliphatic heterocycles. The van der Waals surface area contributed by atoms with Crippen LogP contribution in [0.5, 0.6) is 0 Å². The van der Waals surface area contributed by atoms with Crippen LogP contribution >= 0.6 is 11.3 Å². The van der Waals surface area contributed by atoms with E-state index in [1.165, 1.54) is 19.5 Å². The lowest BCUT2D eigenvalue weighted by molar-refractivity contribution is 0.0520. The molecule has 0 fully saturated rings. The second-order valence-electron chi connectivity index (χ2n) is 4.61. The van der Waals surface area contributed by atoms with E-state index in [9.17, 15) is 22.8 Å². The van der Waals surface area contributed by atoms with E-state index >= 15 is 0 Å². The van der Waals surface area contributed by atoms with Gasteiger partial charge in [-0.25, -0.2) is 23.0 Å². The van der Waals surface area contributed by atoms with Crippen LogP contribution in [-0.4, -0.2) is 35.1 Å². The first-order valence-electron chi connectivity index (χ1n) is 6.59.